The molecule has 1 N–H and O–H groups in total. The van der Waals surface area contributed by atoms with Gasteiger partial charge in [-0.2, -0.15) is 0 Å². The monoisotopic (exact) mass is 445 g/mol. The predicted octanol–water partition coefficient (Wildman–Crippen LogP) is 5.55. The molecule has 1 aliphatic rings. The Kier molecular flexibility index (Phi) is 7.63. The third kappa shape index (κ3) is 6.36. The van der Waals surface area contributed by atoms with Gasteiger partial charge in [-0.25, -0.2) is 4.79 Å². The lowest BCUT2D eigenvalue weighted by molar-refractivity contribution is 0.0696. The first-order valence-electron chi connectivity index (χ1n) is 11.5. The highest BCUT2D eigenvalue weighted by molar-refractivity contribution is 5.88. The number of nitrogens with zero attached hydrogens (tertiary/aromatic N) is 1. The van der Waals surface area contributed by atoms with Crippen molar-refractivity contribution in [3.05, 3.63) is 94.5 Å². The molecular weight excluding hydrogens is 414 g/mol. The molecule has 5 heteroatoms. The Balaban J connectivity index is 1.59. The number of carboxylic acid groups (broad SMARTS) is 1. The number of hydrogen-bond acceptors (Lipinski definition) is 4. The van der Waals surface area contributed by atoms with E-state index in [0.717, 1.165) is 61.5 Å². The van der Waals surface area contributed by atoms with Gasteiger partial charge in [0.25, 0.3) is 0 Å². The molecule has 0 aromatic heterocycles. The first-order chi connectivity index (χ1) is 16.1. The van der Waals surface area contributed by atoms with Crippen LogP contribution in [0.2, 0.25) is 0 Å². The highest BCUT2D eigenvalue weighted by Crippen LogP contribution is 2.25. The van der Waals surface area contributed by atoms with Crippen molar-refractivity contribution in [2.45, 2.75) is 38.8 Å². The molecule has 0 saturated carbocycles. The number of fused-ring (bicyclic) bond motifs is 3. The van der Waals surface area contributed by atoms with Crippen LogP contribution >= 0.6 is 0 Å². The summed E-state index contributed by atoms with van der Waals surface area (Å²) in [6.45, 7) is 3.38. The van der Waals surface area contributed by atoms with E-state index in [9.17, 15) is 9.90 Å². The van der Waals surface area contributed by atoms with Crippen LogP contribution in [0.1, 0.15) is 51.9 Å². The van der Waals surface area contributed by atoms with Crippen LogP contribution in [0.4, 0.5) is 0 Å². The minimum atomic E-state index is -0.917. The van der Waals surface area contributed by atoms with Crippen LogP contribution in [-0.2, 0) is 19.5 Å². The van der Waals surface area contributed by atoms with Crippen LogP contribution in [0, 0.1) is 0 Å². The summed E-state index contributed by atoms with van der Waals surface area (Å²) in [7, 11) is 1.70. The van der Waals surface area contributed by atoms with Gasteiger partial charge in [0.15, 0.2) is 0 Å². The van der Waals surface area contributed by atoms with Crippen LogP contribution in [0.15, 0.2) is 66.7 Å². The molecule has 0 saturated heterocycles. The van der Waals surface area contributed by atoms with Crippen LogP contribution in [0.3, 0.4) is 0 Å². The number of carbonyl (C=O) groups is 1. The van der Waals surface area contributed by atoms with Gasteiger partial charge in [-0.05, 0) is 78.4 Å². The lowest BCUT2D eigenvalue weighted by atomic mass is 9.99. The Hall–Kier alpha value is -3.31. The molecule has 0 spiro atoms. The van der Waals surface area contributed by atoms with E-state index in [1.165, 1.54) is 11.1 Å². The lowest BCUT2D eigenvalue weighted by Gasteiger charge is -2.24. The summed E-state index contributed by atoms with van der Waals surface area (Å²) < 4.78 is 11.5. The molecule has 1 heterocycles. The second-order valence-electron chi connectivity index (χ2n) is 8.60. The Morgan fingerprint density at radius 3 is 2.70 bits per heavy atom. The Morgan fingerprint density at radius 1 is 1.00 bits per heavy atom. The summed E-state index contributed by atoms with van der Waals surface area (Å²) in [5, 5.41) is 9.43. The SMILES string of the molecule is COc1cccc(CN2CCCCCOc3ccc(C(=O)O)cc3Cc3cccc(c3)C2)c1. The first kappa shape index (κ1) is 22.9. The molecule has 4 rings (SSSR count). The van der Waals surface area contributed by atoms with Crippen molar-refractivity contribution in [2.24, 2.45) is 0 Å². The third-order valence-electron chi connectivity index (χ3n) is 6.02. The number of aromatic carboxylic acids is 1. The smallest absolute Gasteiger partial charge is 0.335 e. The molecular formula is C28H31NO4. The molecule has 0 fully saturated rings. The third-order valence-corrected chi connectivity index (χ3v) is 6.02. The molecule has 2 bridgehead atoms. The number of methoxy groups -OCH3 is 1. The molecule has 5 nitrogen and oxygen atoms in total. The molecule has 3 aromatic carbocycles. The molecule has 172 valence electrons. The van der Waals surface area contributed by atoms with Gasteiger partial charge in [-0.3, -0.25) is 4.90 Å². The highest BCUT2D eigenvalue weighted by atomic mass is 16.5. The van der Waals surface area contributed by atoms with Crippen LogP contribution in [-0.4, -0.2) is 36.2 Å². The fourth-order valence-electron chi connectivity index (χ4n) is 4.35. The second kappa shape index (κ2) is 11.0. The molecule has 0 aliphatic carbocycles. The minimum Gasteiger partial charge on any atom is -0.497 e. The zero-order valence-corrected chi connectivity index (χ0v) is 19.1. The largest absolute Gasteiger partial charge is 0.497 e. The number of benzene rings is 3. The van der Waals surface area contributed by atoms with Crippen molar-refractivity contribution in [1.82, 2.24) is 4.90 Å². The average molecular weight is 446 g/mol. The molecule has 0 atom stereocenters. The zero-order valence-electron chi connectivity index (χ0n) is 19.1. The van der Waals surface area contributed by atoms with E-state index in [1.807, 2.05) is 12.1 Å². The quantitative estimate of drug-likeness (QED) is 0.571. The summed E-state index contributed by atoms with van der Waals surface area (Å²) in [4.78, 5) is 14.0. The van der Waals surface area contributed by atoms with E-state index in [-0.39, 0.29) is 0 Å². The van der Waals surface area contributed by atoms with E-state index in [0.29, 0.717) is 18.6 Å². The Labute approximate surface area is 195 Å². The van der Waals surface area contributed by atoms with Gasteiger partial charge in [0, 0.05) is 19.5 Å². The van der Waals surface area contributed by atoms with Crippen LogP contribution in [0.5, 0.6) is 11.5 Å². The molecule has 3 aromatic rings. The predicted molar refractivity (Wildman–Crippen MR) is 129 cm³/mol. The number of hydrogen-bond donors (Lipinski definition) is 1. The van der Waals surface area contributed by atoms with Gasteiger partial charge in [0.2, 0.25) is 0 Å². The van der Waals surface area contributed by atoms with E-state index < -0.39 is 5.97 Å². The van der Waals surface area contributed by atoms with Crippen LogP contribution in [0.25, 0.3) is 0 Å². The molecule has 1 aliphatic heterocycles. The summed E-state index contributed by atoms with van der Waals surface area (Å²) in [5.74, 6) is 0.745. The maximum atomic E-state index is 11.5. The topological polar surface area (TPSA) is 59.0 Å². The fraction of sp³-hybridized carbons (Fsp3) is 0.321. The summed E-state index contributed by atoms with van der Waals surface area (Å²) in [6, 6.07) is 22.0. The van der Waals surface area contributed by atoms with Crippen molar-refractivity contribution in [3.8, 4) is 11.5 Å². The van der Waals surface area contributed by atoms with Crippen molar-refractivity contribution >= 4 is 5.97 Å². The van der Waals surface area contributed by atoms with Crippen molar-refractivity contribution in [3.63, 3.8) is 0 Å². The van der Waals surface area contributed by atoms with Gasteiger partial charge in [-0.1, -0.05) is 36.4 Å². The molecule has 0 unspecified atom stereocenters. The summed E-state index contributed by atoms with van der Waals surface area (Å²) >= 11 is 0. The molecule has 33 heavy (non-hydrogen) atoms. The van der Waals surface area contributed by atoms with Gasteiger partial charge in [0.05, 0.1) is 19.3 Å². The highest BCUT2D eigenvalue weighted by Gasteiger charge is 2.13. The summed E-state index contributed by atoms with van der Waals surface area (Å²) in [5.41, 5.74) is 4.85. The van der Waals surface area contributed by atoms with Gasteiger partial charge >= 0.3 is 5.97 Å². The Morgan fingerprint density at radius 2 is 1.85 bits per heavy atom. The van der Waals surface area contributed by atoms with E-state index >= 15 is 0 Å². The molecule has 0 radical (unpaired) electrons. The normalized spacial score (nSPS) is 15.1. The minimum absolute atomic E-state index is 0.291. The van der Waals surface area contributed by atoms with Gasteiger partial charge in [0.1, 0.15) is 11.5 Å². The van der Waals surface area contributed by atoms with E-state index in [2.05, 4.69) is 41.3 Å². The van der Waals surface area contributed by atoms with Gasteiger partial charge < -0.3 is 14.6 Å². The Bertz CT molecular complexity index is 1090. The maximum Gasteiger partial charge on any atom is 0.335 e. The van der Waals surface area contributed by atoms with Gasteiger partial charge in [-0.15, -0.1) is 0 Å². The van der Waals surface area contributed by atoms with E-state index in [1.54, 1.807) is 25.3 Å². The molecule has 0 amide bonds. The average Bonchev–Trinajstić information content (AvgIpc) is 2.81. The summed E-state index contributed by atoms with van der Waals surface area (Å²) in [6.07, 6.45) is 3.79. The van der Waals surface area contributed by atoms with E-state index in [4.69, 9.17) is 9.47 Å². The number of carboxylic acids is 1. The number of ether oxygens (including phenoxy) is 2. The zero-order chi connectivity index (χ0) is 23.0. The standard InChI is InChI=1S/C28H31NO4/c1-32-26-10-6-9-23(17-26)20-29-13-3-2-4-14-33-27-12-11-24(28(30)31)18-25(27)16-21-7-5-8-22(15-21)19-29/h5-12,15,17-18H,2-4,13-14,16,19-20H2,1H3,(H,30,31). The van der Waals surface area contributed by atoms with Crippen LogP contribution < -0.4 is 9.47 Å². The second-order valence-corrected chi connectivity index (χ2v) is 8.60. The first-order valence-corrected chi connectivity index (χ1v) is 11.5. The fourth-order valence-corrected chi connectivity index (χ4v) is 4.35. The van der Waals surface area contributed by atoms with Crippen molar-refractivity contribution in [2.75, 3.05) is 20.3 Å². The number of rotatable bonds is 4. The van der Waals surface area contributed by atoms with Crippen molar-refractivity contribution in [1.29, 1.82) is 0 Å². The van der Waals surface area contributed by atoms with Crippen molar-refractivity contribution < 1.29 is 19.4 Å². The lowest BCUT2D eigenvalue weighted by Crippen LogP contribution is -2.24. The maximum absolute atomic E-state index is 11.5.